The van der Waals surface area contributed by atoms with Gasteiger partial charge in [0.1, 0.15) is 0 Å². The summed E-state index contributed by atoms with van der Waals surface area (Å²) in [6.45, 7) is 8.60. The molecule has 1 aromatic rings. The number of allylic oxidation sites excluding steroid dienone is 1. The molecule has 0 unspecified atom stereocenters. The Hall–Kier alpha value is -2.34. The second-order valence-electron chi connectivity index (χ2n) is 3.23. The quantitative estimate of drug-likeness (QED) is 0.445. The van der Waals surface area contributed by atoms with E-state index in [1.54, 1.807) is 6.92 Å². The van der Waals surface area contributed by atoms with Crippen molar-refractivity contribution in [2.75, 3.05) is 7.11 Å². The van der Waals surface area contributed by atoms with Crippen LogP contribution in [0.1, 0.15) is 12.5 Å². The Kier molecular flexibility index (Phi) is 6.80. The molecule has 0 fully saturated rings. The van der Waals surface area contributed by atoms with Gasteiger partial charge in [-0.25, -0.2) is 4.79 Å². The molecule has 1 aromatic carbocycles. The molecule has 3 heteroatoms. The molecule has 88 valence electrons. The van der Waals surface area contributed by atoms with E-state index in [0.717, 1.165) is 5.56 Å². The highest BCUT2D eigenvalue weighted by molar-refractivity contribution is 6.15. The van der Waals surface area contributed by atoms with Crippen LogP contribution in [0.25, 0.3) is 5.57 Å². The van der Waals surface area contributed by atoms with Crippen LogP contribution in [0.4, 0.5) is 0 Å². The van der Waals surface area contributed by atoms with E-state index in [1.807, 2.05) is 36.4 Å². The zero-order chi connectivity index (χ0) is 13.3. The Morgan fingerprint density at radius 1 is 1.29 bits per heavy atom. The Morgan fingerprint density at radius 3 is 2.12 bits per heavy atom. The van der Waals surface area contributed by atoms with Gasteiger partial charge in [-0.15, -0.1) is 0 Å². The molecular formula is C14H15NO2. The fourth-order valence-corrected chi connectivity index (χ4v) is 0.880. The minimum absolute atomic E-state index is 0.387. The molecule has 0 aliphatic carbocycles. The molecule has 0 saturated carbocycles. The summed E-state index contributed by atoms with van der Waals surface area (Å²) in [6.07, 6.45) is 0. The van der Waals surface area contributed by atoms with Crippen LogP contribution in [0.15, 0.2) is 49.1 Å². The van der Waals surface area contributed by atoms with Crippen molar-refractivity contribution in [1.29, 1.82) is 5.26 Å². The highest BCUT2D eigenvalue weighted by atomic mass is 16.5. The first kappa shape index (κ1) is 14.7. The van der Waals surface area contributed by atoms with Crippen LogP contribution >= 0.6 is 0 Å². The molecule has 0 bridgehead atoms. The maximum atomic E-state index is 11.0. The largest absolute Gasteiger partial charge is 0.465 e. The van der Waals surface area contributed by atoms with Gasteiger partial charge in [-0.05, 0) is 12.5 Å². The highest BCUT2D eigenvalue weighted by Crippen LogP contribution is 2.12. The molecule has 17 heavy (non-hydrogen) atoms. The molecule has 0 aromatic heterocycles. The van der Waals surface area contributed by atoms with Gasteiger partial charge in [0.05, 0.1) is 18.8 Å². The van der Waals surface area contributed by atoms with Gasteiger partial charge in [-0.2, -0.15) is 5.26 Å². The van der Waals surface area contributed by atoms with Crippen LogP contribution in [-0.2, 0) is 9.53 Å². The molecule has 0 N–H and O–H groups in total. The monoisotopic (exact) mass is 229 g/mol. The number of nitrogens with zero attached hydrogens (tertiary/aromatic N) is 1. The summed E-state index contributed by atoms with van der Waals surface area (Å²) in [4.78, 5) is 11.0. The number of ether oxygens (including phenoxy) is 1. The molecule has 0 aliphatic heterocycles. The summed E-state index contributed by atoms with van der Waals surface area (Å²) in [7, 11) is 1.34. The smallest absolute Gasteiger partial charge is 0.337 e. The summed E-state index contributed by atoms with van der Waals surface area (Å²) >= 11 is 0. The molecule has 0 heterocycles. The first-order valence-electron chi connectivity index (χ1n) is 4.91. The van der Waals surface area contributed by atoms with Crippen molar-refractivity contribution in [2.45, 2.75) is 6.92 Å². The maximum absolute atomic E-state index is 11.0. The summed E-state index contributed by atoms with van der Waals surface area (Å²) in [5.41, 5.74) is 1.74. The third-order valence-corrected chi connectivity index (χ3v) is 1.74. The summed E-state index contributed by atoms with van der Waals surface area (Å²) in [5, 5.41) is 7.79. The second-order valence-corrected chi connectivity index (χ2v) is 3.23. The third-order valence-electron chi connectivity index (χ3n) is 1.74. The van der Waals surface area contributed by atoms with E-state index in [-0.39, 0.29) is 5.97 Å². The Labute approximate surface area is 102 Å². The van der Waals surface area contributed by atoms with Gasteiger partial charge in [0.15, 0.2) is 0 Å². The van der Waals surface area contributed by atoms with E-state index in [9.17, 15) is 4.79 Å². The number of carbonyl (C=O) groups excluding carboxylic acids is 1. The lowest BCUT2D eigenvalue weighted by Gasteiger charge is -2.01. The molecule has 0 aliphatic rings. The van der Waals surface area contributed by atoms with Gasteiger partial charge < -0.3 is 4.74 Å². The average molecular weight is 229 g/mol. The number of benzene rings is 1. The fourth-order valence-electron chi connectivity index (χ4n) is 0.880. The van der Waals surface area contributed by atoms with E-state index in [4.69, 9.17) is 5.26 Å². The lowest BCUT2D eigenvalue weighted by molar-refractivity contribution is -0.133. The number of carbonyl (C=O) groups is 1. The van der Waals surface area contributed by atoms with Gasteiger partial charge in [0, 0.05) is 5.57 Å². The van der Waals surface area contributed by atoms with Crippen molar-refractivity contribution < 1.29 is 9.53 Å². The fraction of sp³-hybridized carbons (Fsp3) is 0.143. The zero-order valence-electron chi connectivity index (χ0n) is 10.1. The molecule has 0 radical (unpaired) electrons. The predicted molar refractivity (Wildman–Crippen MR) is 67.9 cm³/mol. The minimum atomic E-state index is -0.388. The zero-order valence-corrected chi connectivity index (χ0v) is 10.1. The lowest BCUT2D eigenvalue weighted by Crippen LogP contribution is -2.01. The Balaban J connectivity index is 0.000000437. The first-order chi connectivity index (χ1) is 8.02. The number of nitriles is 1. The normalized spacial score (nSPS) is 8.06. The molecule has 0 atom stereocenters. The topological polar surface area (TPSA) is 50.1 Å². The summed E-state index contributed by atoms with van der Waals surface area (Å²) in [6, 6.07) is 11.1. The number of methoxy groups -OCH3 is 1. The predicted octanol–water partition coefficient (Wildman–Crippen LogP) is 2.96. The standard InChI is InChI=1S/C10H10O2.C4H5N/c1-8(10(11)12-2)9-6-4-3-5-7-9;1-4(2)3-5/h3-7H,1H2,2H3;1H2,2H3. The molecule has 1 rings (SSSR count). The van der Waals surface area contributed by atoms with Crippen LogP contribution in [0, 0.1) is 11.3 Å². The van der Waals surface area contributed by atoms with Crippen molar-refractivity contribution >= 4 is 11.5 Å². The third kappa shape index (κ3) is 5.95. The van der Waals surface area contributed by atoms with Crippen molar-refractivity contribution in [3.05, 3.63) is 54.6 Å². The number of rotatable bonds is 2. The summed E-state index contributed by atoms with van der Waals surface area (Å²) in [5.74, 6) is -0.388. The summed E-state index contributed by atoms with van der Waals surface area (Å²) < 4.78 is 4.53. The van der Waals surface area contributed by atoms with Gasteiger partial charge in [0.2, 0.25) is 0 Å². The van der Waals surface area contributed by atoms with E-state index in [0.29, 0.717) is 11.1 Å². The molecular weight excluding hydrogens is 214 g/mol. The van der Waals surface area contributed by atoms with E-state index < -0.39 is 0 Å². The van der Waals surface area contributed by atoms with Gasteiger partial charge >= 0.3 is 5.97 Å². The van der Waals surface area contributed by atoms with E-state index in [2.05, 4.69) is 17.9 Å². The van der Waals surface area contributed by atoms with Crippen molar-refractivity contribution in [2.24, 2.45) is 0 Å². The molecule has 0 saturated heterocycles. The Morgan fingerprint density at radius 2 is 1.76 bits per heavy atom. The number of esters is 1. The van der Waals surface area contributed by atoms with Gasteiger partial charge in [-0.3, -0.25) is 0 Å². The van der Waals surface area contributed by atoms with Crippen molar-refractivity contribution in [3.8, 4) is 6.07 Å². The molecule has 0 amide bonds. The minimum Gasteiger partial charge on any atom is -0.465 e. The first-order valence-corrected chi connectivity index (χ1v) is 4.91. The maximum Gasteiger partial charge on any atom is 0.337 e. The molecule has 3 nitrogen and oxygen atoms in total. The molecule has 0 spiro atoms. The van der Waals surface area contributed by atoms with Crippen LogP contribution in [0.5, 0.6) is 0 Å². The Bertz CT molecular complexity index is 441. The van der Waals surface area contributed by atoms with Crippen molar-refractivity contribution in [1.82, 2.24) is 0 Å². The number of hydrogen-bond acceptors (Lipinski definition) is 3. The van der Waals surface area contributed by atoms with Gasteiger partial charge in [-0.1, -0.05) is 43.5 Å². The SMILES string of the molecule is C=C(C(=O)OC)c1ccccc1.C=C(C)C#N. The second kappa shape index (κ2) is 7.89. The lowest BCUT2D eigenvalue weighted by atomic mass is 10.1. The van der Waals surface area contributed by atoms with Crippen molar-refractivity contribution in [3.63, 3.8) is 0 Å². The van der Waals surface area contributed by atoms with Crippen LogP contribution in [-0.4, -0.2) is 13.1 Å². The average Bonchev–Trinajstić information content (AvgIpc) is 2.38. The van der Waals surface area contributed by atoms with E-state index >= 15 is 0 Å². The van der Waals surface area contributed by atoms with Crippen LogP contribution in [0.3, 0.4) is 0 Å². The van der Waals surface area contributed by atoms with Gasteiger partial charge in [0.25, 0.3) is 0 Å². The van der Waals surface area contributed by atoms with E-state index in [1.165, 1.54) is 7.11 Å². The number of hydrogen-bond donors (Lipinski definition) is 0. The van der Waals surface area contributed by atoms with Crippen LogP contribution in [0.2, 0.25) is 0 Å². The highest BCUT2D eigenvalue weighted by Gasteiger charge is 2.07. The van der Waals surface area contributed by atoms with Crippen LogP contribution < -0.4 is 0 Å².